The standard InChI is InChI=1S/C21H31N3O3/c1-22(2)21(26)17-10-13-23(14-11-17)15-20(25)24-12-4-5-19(24)16-6-8-18(27-3)9-7-16/h6-9,17,19H,4-5,10-15H2,1-3H3. The van der Waals surface area contributed by atoms with Crippen LogP contribution in [-0.4, -0.2) is 73.9 Å². The molecule has 2 aliphatic rings. The first-order chi connectivity index (χ1) is 13.0. The first-order valence-electron chi connectivity index (χ1n) is 9.86. The SMILES string of the molecule is COc1ccc(C2CCCN2C(=O)CN2CCC(C(=O)N(C)C)CC2)cc1. The van der Waals surface area contributed by atoms with Crippen molar-refractivity contribution >= 4 is 11.8 Å². The first-order valence-corrected chi connectivity index (χ1v) is 9.86. The summed E-state index contributed by atoms with van der Waals surface area (Å²) in [5.41, 5.74) is 1.18. The van der Waals surface area contributed by atoms with Gasteiger partial charge in [-0.15, -0.1) is 0 Å². The lowest BCUT2D eigenvalue weighted by atomic mass is 9.95. The highest BCUT2D eigenvalue weighted by atomic mass is 16.5. The van der Waals surface area contributed by atoms with E-state index in [1.54, 1.807) is 12.0 Å². The van der Waals surface area contributed by atoms with E-state index in [4.69, 9.17) is 4.74 Å². The Morgan fingerprint density at radius 1 is 1.07 bits per heavy atom. The predicted octanol–water partition coefficient (Wildman–Crippen LogP) is 2.16. The zero-order valence-electron chi connectivity index (χ0n) is 16.7. The van der Waals surface area contributed by atoms with Crippen LogP contribution in [0.5, 0.6) is 5.75 Å². The fourth-order valence-electron chi connectivity index (χ4n) is 4.22. The second-order valence-corrected chi connectivity index (χ2v) is 7.80. The molecule has 2 saturated heterocycles. The maximum atomic E-state index is 12.9. The molecule has 3 rings (SSSR count). The number of carbonyl (C=O) groups excluding carboxylic acids is 2. The molecular weight excluding hydrogens is 342 g/mol. The Morgan fingerprint density at radius 2 is 1.74 bits per heavy atom. The van der Waals surface area contributed by atoms with Crippen LogP contribution in [0.2, 0.25) is 0 Å². The van der Waals surface area contributed by atoms with Gasteiger partial charge in [0.25, 0.3) is 0 Å². The van der Waals surface area contributed by atoms with Crippen LogP contribution in [0.4, 0.5) is 0 Å². The summed E-state index contributed by atoms with van der Waals surface area (Å²) < 4.78 is 5.23. The highest BCUT2D eigenvalue weighted by Gasteiger charge is 2.32. The lowest BCUT2D eigenvalue weighted by Gasteiger charge is -2.34. The van der Waals surface area contributed by atoms with E-state index in [1.165, 1.54) is 5.56 Å². The van der Waals surface area contributed by atoms with E-state index >= 15 is 0 Å². The van der Waals surface area contributed by atoms with Crippen molar-refractivity contribution in [2.75, 3.05) is 47.4 Å². The van der Waals surface area contributed by atoms with Gasteiger partial charge in [-0.2, -0.15) is 0 Å². The Kier molecular flexibility index (Phi) is 6.37. The Hall–Kier alpha value is -2.08. The van der Waals surface area contributed by atoms with Gasteiger partial charge in [-0.3, -0.25) is 14.5 Å². The van der Waals surface area contributed by atoms with Crippen LogP contribution in [0.25, 0.3) is 0 Å². The Bertz CT molecular complexity index is 651. The van der Waals surface area contributed by atoms with Crippen molar-refractivity contribution in [1.29, 1.82) is 0 Å². The number of hydrogen-bond acceptors (Lipinski definition) is 4. The third-order valence-electron chi connectivity index (χ3n) is 5.81. The summed E-state index contributed by atoms with van der Waals surface area (Å²) in [5, 5.41) is 0. The molecule has 1 aromatic carbocycles. The highest BCUT2D eigenvalue weighted by molar-refractivity contribution is 5.80. The molecule has 6 heteroatoms. The van der Waals surface area contributed by atoms with Gasteiger partial charge in [0, 0.05) is 26.6 Å². The van der Waals surface area contributed by atoms with Crippen LogP contribution < -0.4 is 4.74 Å². The molecule has 0 N–H and O–H groups in total. The molecule has 1 aromatic rings. The van der Waals surface area contributed by atoms with Gasteiger partial charge in [-0.05, 0) is 56.5 Å². The topological polar surface area (TPSA) is 53.1 Å². The summed E-state index contributed by atoms with van der Waals surface area (Å²) in [5.74, 6) is 1.35. The minimum absolute atomic E-state index is 0.102. The summed E-state index contributed by atoms with van der Waals surface area (Å²) in [6.45, 7) is 2.91. The van der Waals surface area contributed by atoms with Crippen LogP contribution in [0.3, 0.4) is 0 Å². The maximum absolute atomic E-state index is 12.9. The maximum Gasteiger partial charge on any atom is 0.237 e. The third kappa shape index (κ3) is 4.61. The number of piperidine rings is 1. The molecule has 0 saturated carbocycles. The Morgan fingerprint density at radius 3 is 2.33 bits per heavy atom. The van der Waals surface area contributed by atoms with Crippen LogP contribution >= 0.6 is 0 Å². The van der Waals surface area contributed by atoms with Gasteiger partial charge < -0.3 is 14.5 Å². The van der Waals surface area contributed by atoms with Crippen LogP contribution in [0.15, 0.2) is 24.3 Å². The average molecular weight is 373 g/mol. The molecule has 2 aliphatic heterocycles. The molecule has 0 aliphatic carbocycles. The average Bonchev–Trinajstić information content (AvgIpc) is 3.18. The Labute approximate surface area is 162 Å². The van der Waals surface area contributed by atoms with Crippen molar-refractivity contribution in [2.24, 2.45) is 5.92 Å². The van der Waals surface area contributed by atoms with Gasteiger partial charge >= 0.3 is 0 Å². The Balaban J connectivity index is 1.55. The number of rotatable bonds is 5. The molecule has 0 aromatic heterocycles. The number of benzene rings is 1. The fourth-order valence-corrected chi connectivity index (χ4v) is 4.22. The molecule has 1 unspecified atom stereocenters. The van der Waals surface area contributed by atoms with Crippen molar-refractivity contribution in [3.8, 4) is 5.75 Å². The molecule has 2 fully saturated rings. The van der Waals surface area contributed by atoms with Crippen molar-refractivity contribution in [1.82, 2.24) is 14.7 Å². The first kappa shape index (κ1) is 19.7. The van der Waals surface area contributed by atoms with Gasteiger partial charge in [-0.1, -0.05) is 12.1 Å². The van der Waals surface area contributed by atoms with E-state index in [9.17, 15) is 9.59 Å². The van der Waals surface area contributed by atoms with Crippen LogP contribution in [0.1, 0.15) is 37.3 Å². The van der Waals surface area contributed by atoms with Gasteiger partial charge in [0.15, 0.2) is 0 Å². The van der Waals surface area contributed by atoms with E-state index in [-0.39, 0.29) is 23.8 Å². The third-order valence-corrected chi connectivity index (χ3v) is 5.81. The molecule has 0 radical (unpaired) electrons. The number of ether oxygens (including phenoxy) is 1. The number of amides is 2. The lowest BCUT2D eigenvalue weighted by molar-refractivity contribution is -0.135. The normalized spacial score (nSPS) is 21.3. The molecular formula is C21H31N3O3. The molecule has 6 nitrogen and oxygen atoms in total. The molecule has 0 bridgehead atoms. The summed E-state index contributed by atoms with van der Waals surface area (Å²) in [7, 11) is 5.28. The number of carbonyl (C=O) groups is 2. The van der Waals surface area contributed by atoms with Gasteiger partial charge in [-0.25, -0.2) is 0 Å². The van der Waals surface area contributed by atoms with Gasteiger partial charge in [0.1, 0.15) is 5.75 Å². The molecule has 0 spiro atoms. The monoisotopic (exact) mass is 373 g/mol. The number of hydrogen-bond donors (Lipinski definition) is 0. The smallest absolute Gasteiger partial charge is 0.237 e. The summed E-state index contributed by atoms with van der Waals surface area (Å²) in [6, 6.07) is 8.21. The van der Waals surface area contributed by atoms with Crippen molar-refractivity contribution in [2.45, 2.75) is 31.7 Å². The van der Waals surface area contributed by atoms with E-state index in [0.29, 0.717) is 6.54 Å². The van der Waals surface area contributed by atoms with Crippen molar-refractivity contribution < 1.29 is 14.3 Å². The quantitative estimate of drug-likeness (QED) is 0.794. The zero-order valence-corrected chi connectivity index (χ0v) is 16.7. The van der Waals surface area contributed by atoms with Crippen molar-refractivity contribution in [3.63, 3.8) is 0 Å². The minimum atomic E-state index is 0.102. The highest BCUT2D eigenvalue weighted by Crippen LogP contribution is 2.33. The minimum Gasteiger partial charge on any atom is -0.497 e. The van der Waals surface area contributed by atoms with Crippen molar-refractivity contribution in [3.05, 3.63) is 29.8 Å². The summed E-state index contributed by atoms with van der Waals surface area (Å²) >= 11 is 0. The number of likely N-dealkylation sites (tertiary alicyclic amines) is 2. The second kappa shape index (κ2) is 8.74. The molecule has 1 atom stereocenters. The fraction of sp³-hybridized carbons (Fsp3) is 0.619. The number of nitrogens with zero attached hydrogens (tertiary/aromatic N) is 3. The molecule has 2 heterocycles. The lowest BCUT2D eigenvalue weighted by Crippen LogP contribution is -2.45. The molecule has 148 valence electrons. The summed E-state index contributed by atoms with van der Waals surface area (Å²) in [6.07, 6.45) is 3.73. The van der Waals surface area contributed by atoms with Gasteiger partial charge in [0.05, 0.1) is 19.7 Å². The summed E-state index contributed by atoms with van der Waals surface area (Å²) in [4.78, 5) is 30.9. The largest absolute Gasteiger partial charge is 0.497 e. The zero-order chi connectivity index (χ0) is 19.4. The van der Waals surface area contributed by atoms with E-state index in [1.807, 2.05) is 31.1 Å². The predicted molar refractivity (Wildman–Crippen MR) is 105 cm³/mol. The van der Waals surface area contributed by atoms with E-state index < -0.39 is 0 Å². The van der Waals surface area contributed by atoms with Crippen LogP contribution in [0, 0.1) is 5.92 Å². The van der Waals surface area contributed by atoms with E-state index in [2.05, 4.69) is 17.0 Å². The second-order valence-electron chi connectivity index (χ2n) is 7.80. The van der Waals surface area contributed by atoms with E-state index in [0.717, 1.165) is 51.1 Å². The van der Waals surface area contributed by atoms with Gasteiger partial charge in [0.2, 0.25) is 11.8 Å². The number of methoxy groups -OCH3 is 1. The molecule has 2 amide bonds. The van der Waals surface area contributed by atoms with Crippen LogP contribution in [-0.2, 0) is 9.59 Å². The molecule has 27 heavy (non-hydrogen) atoms.